The molecule has 7 nitrogen and oxygen atoms in total. The summed E-state index contributed by atoms with van der Waals surface area (Å²) in [6.07, 6.45) is 0.735. The van der Waals surface area contributed by atoms with Crippen LogP contribution >= 0.6 is 11.6 Å². The Morgan fingerprint density at radius 2 is 1.73 bits per heavy atom. The normalized spacial score (nSPS) is 15.6. The molecule has 8 heteroatoms. The topological polar surface area (TPSA) is 81.8 Å². The van der Waals surface area contributed by atoms with Crippen molar-refractivity contribution >= 4 is 35.5 Å². The second-order valence-electron chi connectivity index (χ2n) is 8.41. The molecule has 0 spiro atoms. The number of benzene rings is 2. The van der Waals surface area contributed by atoms with E-state index < -0.39 is 11.4 Å². The SMILES string of the molecule is CNC(CCC(=O)N1CCN(c2cc(C)ccc2C)CC1)(C(=O)NC=O)c1ccc(Cl)cc1. The minimum atomic E-state index is -1.22. The smallest absolute Gasteiger partial charge is 0.251 e. The average molecular weight is 471 g/mol. The third kappa shape index (κ3) is 5.54. The zero-order chi connectivity index (χ0) is 24.0. The van der Waals surface area contributed by atoms with E-state index in [2.05, 4.69) is 47.6 Å². The Labute approximate surface area is 200 Å². The number of nitrogens with one attached hydrogen (secondary N) is 2. The summed E-state index contributed by atoms with van der Waals surface area (Å²) in [6, 6.07) is 13.3. The van der Waals surface area contributed by atoms with Gasteiger partial charge in [0.05, 0.1) is 0 Å². The number of carbonyl (C=O) groups is 3. The molecule has 3 amide bonds. The molecular formula is C25H31ClN4O3. The molecule has 2 aromatic rings. The molecule has 1 saturated heterocycles. The predicted octanol–water partition coefficient (Wildman–Crippen LogP) is 2.77. The molecule has 1 unspecified atom stereocenters. The Morgan fingerprint density at radius 1 is 1.06 bits per heavy atom. The fourth-order valence-corrected chi connectivity index (χ4v) is 4.52. The third-order valence-electron chi connectivity index (χ3n) is 6.39. The van der Waals surface area contributed by atoms with Gasteiger partial charge in [0.2, 0.25) is 12.3 Å². The molecule has 0 bridgehead atoms. The highest BCUT2D eigenvalue weighted by Gasteiger charge is 2.39. The summed E-state index contributed by atoms with van der Waals surface area (Å²) in [4.78, 5) is 41.1. The van der Waals surface area contributed by atoms with Crippen molar-refractivity contribution in [1.29, 1.82) is 0 Å². The number of carbonyl (C=O) groups excluding carboxylic acids is 3. The van der Waals surface area contributed by atoms with Gasteiger partial charge in [0.25, 0.3) is 5.91 Å². The second-order valence-corrected chi connectivity index (χ2v) is 8.85. The van der Waals surface area contributed by atoms with Crippen molar-refractivity contribution in [2.45, 2.75) is 32.2 Å². The first-order valence-corrected chi connectivity index (χ1v) is 11.5. The molecule has 0 radical (unpaired) electrons. The first-order chi connectivity index (χ1) is 15.8. The fourth-order valence-electron chi connectivity index (χ4n) is 4.39. The molecule has 1 fully saturated rings. The number of likely N-dealkylation sites (N-methyl/N-ethyl adjacent to an activating group) is 1. The van der Waals surface area contributed by atoms with Gasteiger partial charge in [-0.25, -0.2) is 0 Å². The molecule has 0 aromatic heterocycles. The third-order valence-corrected chi connectivity index (χ3v) is 6.64. The van der Waals surface area contributed by atoms with Gasteiger partial charge < -0.3 is 15.1 Å². The van der Waals surface area contributed by atoms with Crippen molar-refractivity contribution in [2.75, 3.05) is 38.1 Å². The minimum Gasteiger partial charge on any atom is -0.368 e. The molecule has 0 aliphatic carbocycles. The van der Waals surface area contributed by atoms with Crippen molar-refractivity contribution < 1.29 is 14.4 Å². The molecule has 176 valence electrons. The number of aryl methyl sites for hydroxylation is 2. The van der Waals surface area contributed by atoms with Gasteiger partial charge in [0, 0.05) is 43.3 Å². The van der Waals surface area contributed by atoms with Crippen molar-refractivity contribution in [1.82, 2.24) is 15.5 Å². The molecule has 1 heterocycles. The van der Waals surface area contributed by atoms with E-state index in [4.69, 9.17) is 11.6 Å². The number of hydrogen-bond donors (Lipinski definition) is 2. The molecule has 0 saturated carbocycles. The molecule has 3 rings (SSSR count). The van der Waals surface area contributed by atoms with E-state index in [9.17, 15) is 14.4 Å². The fraction of sp³-hybridized carbons (Fsp3) is 0.400. The lowest BCUT2D eigenvalue weighted by molar-refractivity contribution is -0.133. The molecular weight excluding hydrogens is 440 g/mol. The van der Waals surface area contributed by atoms with Crippen molar-refractivity contribution in [3.8, 4) is 0 Å². The summed E-state index contributed by atoms with van der Waals surface area (Å²) in [6.45, 7) is 6.95. The summed E-state index contributed by atoms with van der Waals surface area (Å²) in [7, 11) is 1.65. The molecule has 1 aliphatic rings. The van der Waals surface area contributed by atoms with Gasteiger partial charge in [0.15, 0.2) is 0 Å². The Morgan fingerprint density at radius 3 is 2.33 bits per heavy atom. The molecule has 2 N–H and O–H groups in total. The standard InChI is InChI=1S/C25H31ClN4O3/c1-18-4-5-19(2)22(16-18)29-12-14-30(15-13-29)23(32)10-11-25(27-3,24(33)28-17-31)20-6-8-21(26)9-7-20/h4-9,16-17,27H,10-15H2,1-3H3,(H,28,31,33). The van der Waals surface area contributed by atoms with Crippen LogP contribution in [0.5, 0.6) is 0 Å². The van der Waals surface area contributed by atoms with Crippen LogP contribution in [0.3, 0.4) is 0 Å². The lowest BCUT2D eigenvalue weighted by atomic mass is 9.84. The van der Waals surface area contributed by atoms with Gasteiger partial charge in [-0.1, -0.05) is 35.9 Å². The lowest BCUT2D eigenvalue weighted by Crippen LogP contribution is -2.54. The number of piperazine rings is 1. The van der Waals surface area contributed by atoms with Crippen LogP contribution in [0.1, 0.15) is 29.5 Å². The highest BCUT2D eigenvalue weighted by Crippen LogP contribution is 2.29. The van der Waals surface area contributed by atoms with Crippen LogP contribution in [0.15, 0.2) is 42.5 Å². The highest BCUT2D eigenvalue weighted by molar-refractivity contribution is 6.30. The van der Waals surface area contributed by atoms with E-state index in [1.165, 1.54) is 16.8 Å². The number of hydrogen-bond acceptors (Lipinski definition) is 5. The van der Waals surface area contributed by atoms with Crippen LogP contribution in [-0.4, -0.2) is 56.4 Å². The Bertz CT molecular complexity index is 1000. The number of halogens is 1. The van der Waals surface area contributed by atoms with E-state index in [1.54, 1.807) is 31.3 Å². The van der Waals surface area contributed by atoms with Gasteiger partial charge in [0.1, 0.15) is 5.54 Å². The number of rotatable bonds is 8. The van der Waals surface area contributed by atoms with E-state index >= 15 is 0 Å². The largest absolute Gasteiger partial charge is 0.368 e. The van der Waals surface area contributed by atoms with E-state index in [0.717, 1.165) is 13.1 Å². The summed E-state index contributed by atoms with van der Waals surface area (Å²) >= 11 is 6.01. The minimum absolute atomic E-state index is 0.0110. The van der Waals surface area contributed by atoms with Crippen molar-refractivity contribution in [3.63, 3.8) is 0 Å². The Hall–Kier alpha value is -2.90. The maximum atomic E-state index is 13.0. The summed E-state index contributed by atoms with van der Waals surface area (Å²) in [5, 5.41) is 5.82. The molecule has 33 heavy (non-hydrogen) atoms. The number of nitrogens with zero attached hydrogens (tertiary/aromatic N) is 2. The van der Waals surface area contributed by atoms with Gasteiger partial charge >= 0.3 is 0 Å². The Balaban J connectivity index is 1.68. The number of amides is 3. The van der Waals surface area contributed by atoms with Crippen molar-refractivity contribution in [2.24, 2.45) is 0 Å². The summed E-state index contributed by atoms with van der Waals surface area (Å²) in [5.41, 5.74) is 3.07. The first kappa shape index (κ1) is 24.7. The van der Waals surface area contributed by atoms with Gasteiger partial charge in [-0.2, -0.15) is 0 Å². The van der Waals surface area contributed by atoms with Crippen LogP contribution in [-0.2, 0) is 19.9 Å². The molecule has 2 aromatic carbocycles. The zero-order valence-electron chi connectivity index (χ0n) is 19.4. The summed E-state index contributed by atoms with van der Waals surface area (Å²) in [5.74, 6) is -0.516. The van der Waals surface area contributed by atoms with Crippen LogP contribution < -0.4 is 15.5 Å². The van der Waals surface area contributed by atoms with Crippen LogP contribution in [0.25, 0.3) is 0 Å². The lowest BCUT2D eigenvalue weighted by Gasteiger charge is -2.38. The average Bonchev–Trinajstić information content (AvgIpc) is 2.82. The molecule has 1 atom stereocenters. The van der Waals surface area contributed by atoms with E-state index in [0.29, 0.717) is 30.1 Å². The Kier molecular flexibility index (Phi) is 8.10. The van der Waals surface area contributed by atoms with E-state index in [-0.39, 0.29) is 18.7 Å². The summed E-state index contributed by atoms with van der Waals surface area (Å²) < 4.78 is 0. The van der Waals surface area contributed by atoms with Gasteiger partial charge in [-0.15, -0.1) is 0 Å². The van der Waals surface area contributed by atoms with Gasteiger partial charge in [-0.05, 0) is 62.2 Å². The van der Waals surface area contributed by atoms with Crippen LogP contribution in [0, 0.1) is 13.8 Å². The number of imide groups is 1. The van der Waals surface area contributed by atoms with Gasteiger partial charge in [-0.3, -0.25) is 19.7 Å². The second kappa shape index (κ2) is 10.8. The zero-order valence-corrected chi connectivity index (χ0v) is 20.1. The van der Waals surface area contributed by atoms with Crippen LogP contribution in [0.2, 0.25) is 5.02 Å². The number of anilines is 1. The maximum absolute atomic E-state index is 13.0. The predicted molar refractivity (Wildman–Crippen MR) is 130 cm³/mol. The maximum Gasteiger partial charge on any atom is 0.251 e. The molecule has 1 aliphatic heterocycles. The van der Waals surface area contributed by atoms with E-state index in [1.807, 2.05) is 4.90 Å². The van der Waals surface area contributed by atoms with Crippen LogP contribution in [0.4, 0.5) is 5.69 Å². The highest BCUT2D eigenvalue weighted by atomic mass is 35.5. The first-order valence-electron chi connectivity index (χ1n) is 11.1. The monoisotopic (exact) mass is 470 g/mol. The quantitative estimate of drug-likeness (QED) is 0.580. The van der Waals surface area contributed by atoms with Crippen molar-refractivity contribution in [3.05, 3.63) is 64.2 Å².